The predicted molar refractivity (Wildman–Crippen MR) is 128 cm³/mol. The van der Waals surface area contributed by atoms with Crippen LogP contribution in [0.25, 0.3) is 11.0 Å². The lowest BCUT2D eigenvalue weighted by atomic mass is 9.97. The molecule has 2 aliphatic rings. The first kappa shape index (κ1) is 22.7. The van der Waals surface area contributed by atoms with E-state index in [9.17, 15) is 4.79 Å². The summed E-state index contributed by atoms with van der Waals surface area (Å²) in [6.07, 6.45) is 7.90. The number of unbranched alkanes of at least 4 members (excludes halogenated alkanes) is 2. The number of hydrazine groups is 1. The van der Waals surface area contributed by atoms with E-state index in [2.05, 4.69) is 24.2 Å². The Balaban J connectivity index is 1.44. The van der Waals surface area contributed by atoms with E-state index in [-0.39, 0.29) is 17.6 Å². The van der Waals surface area contributed by atoms with E-state index in [0.29, 0.717) is 37.3 Å². The molecular weight excluding hydrogens is 402 g/mol. The normalized spacial score (nSPS) is 24.3. The van der Waals surface area contributed by atoms with Gasteiger partial charge in [0.2, 0.25) is 5.96 Å². The fraction of sp³-hybridized carbons (Fsp3) is 0.625. The van der Waals surface area contributed by atoms with Gasteiger partial charge < -0.3 is 10.3 Å². The molecule has 3 heterocycles. The second-order valence-electron chi connectivity index (χ2n) is 9.38. The first-order valence-corrected chi connectivity index (χ1v) is 12.1. The van der Waals surface area contributed by atoms with Crippen molar-refractivity contribution >= 4 is 17.0 Å². The SMILES string of the molecule is C[C@@H]1CCC[C@H](C)N1CCCCCn1c(=O)c(C2CCN(C(=N)N)N2)nc2ccccc21. The molecule has 0 radical (unpaired) electrons. The van der Waals surface area contributed by atoms with E-state index < -0.39 is 0 Å². The lowest BCUT2D eigenvalue weighted by Gasteiger charge is -2.39. The minimum Gasteiger partial charge on any atom is -0.369 e. The van der Waals surface area contributed by atoms with Crippen molar-refractivity contribution in [1.82, 2.24) is 24.9 Å². The van der Waals surface area contributed by atoms with Crippen molar-refractivity contribution in [2.45, 2.75) is 83.5 Å². The monoisotopic (exact) mass is 439 g/mol. The second kappa shape index (κ2) is 10.0. The van der Waals surface area contributed by atoms with Gasteiger partial charge in [-0.2, -0.15) is 0 Å². The van der Waals surface area contributed by atoms with Gasteiger partial charge in [-0.3, -0.25) is 20.1 Å². The van der Waals surface area contributed by atoms with E-state index in [1.54, 1.807) is 5.01 Å². The van der Waals surface area contributed by atoms with Crippen LogP contribution < -0.4 is 16.7 Å². The van der Waals surface area contributed by atoms with Gasteiger partial charge in [0.15, 0.2) is 0 Å². The number of aromatic nitrogens is 2. The van der Waals surface area contributed by atoms with Crippen molar-refractivity contribution in [3.8, 4) is 0 Å². The Bertz CT molecular complexity index is 993. The predicted octanol–water partition coefficient (Wildman–Crippen LogP) is 2.97. The molecule has 2 aliphatic heterocycles. The Morgan fingerprint density at radius 1 is 1.12 bits per heavy atom. The van der Waals surface area contributed by atoms with Crippen LogP contribution >= 0.6 is 0 Å². The highest BCUT2D eigenvalue weighted by Crippen LogP contribution is 2.23. The lowest BCUT2D eigenvalue weighted by molar-refractivity contribution is 0.101. The Morgan fingerprint density at radius 2 is 1.84 bits per heavy atom. The van der Waals surface area contributed by atoms with Crippen LogP contribution in [0, 0.1) is 5.41 Å². The van der Waals surface area contributed by atoms with Crippen molar-refractivity contribution in [2.75, 3.05) is 13.1 Å². The van der Waals surface area contributed by atoms with Gasteiger partial charge in [-0.1, -0.05) is 25.0 Å². The molecule has 2 aromatic rings. The highest BCUT2D eigenvalue weighted by Gasteiger charge is 2.28. The largest absolute Gasteiger partial charge is 0.369 e. The van der Waals surface area contributed by atoms with Crippen LogP contribution in [0.2, 0.25) is 0 Å². The summed E-state index contributed by atoms with van der Waals surface area (Å²) >= 11 is 0. The van der Waals surface area contributed by atoms with Gasteiger partial charge in [-0.15, -0.1) is 0 Å². The molecule has 2 saturated heterocycles. The molecule has 4 rings (SSSR count). The number of fused-ring (bicyclic) bond motifs is 1. The zero-order valence-corrected chi connectivity index (χ0v) is 19.4. The van der Waals surface area contributed by atoms with Crippen LogP contribution in [0.1, 0.15) is 70.5 Å². The van der Waals surface area contributed by atoms with Crippen molar-refractivity contribution in [3.05, 3.63) is 40.3 Å². The highest BCUT2D eigenvalue weighted by molar-refractivity contribution is 5.75. The van der Waals surface area contributed by atoms with Gasteiger partial charge in [0.1, 0.15) is 5.69 Å². The Labute approximate surface area is 190 Å². The molecule has 8 nitrogen and oxygen atoms in total. The van der Waals surface area contributed by atoms with Crippen molar-refractivity contribution < 1.29 is 0 Å². The molecule has 174 valence electrons. The molecule has 0 saturated carbocycles. The maximum Gasteiger partial charge on any atom is 0.274 e. The number of benzene rings is 1. The van der Waals surface area contributed by atoms with Gasteiger partial charge in [0.25, 0.3) is 5.56 Å². The van der Waals surface area contributed by atoms with E-state index >= 15 is 0 Å². The van der Waals surface area contributed by atoms with E-state index in [0.717, 1.165) is 36.8 Å². The fourth-order valence-corrected chi connectivity index (χ4v) is 5.28. The number of hydrogen-bond donors (Lipinski definition) is 3. The smallest absolute Gasteiger partial charge is 0.274 e. The van der Waals surface area contributed by atoms with Gasteiger partial charge in [-0.05, 0) is 64.6 Å². The maximum absolute atomic E-state index is 13.4. The van der Waals surface area contributed by atoms with E-state index in [1.165, 1.54) is 19.3 Å². The summed E-state index contributed by atoms with van der Waals surface area (Å²) in [6, 6.07) is 9.01. The summed E-state index contributed by atoms with van der Waals surface area (Å²) in [4.78, 5) is 20.7. The zero-order valence-electron chi connectivity index (χ0n) is 19.4. The molecule has 0 aliphatic carbocycles. The molecule has 2 fully saturated rings. The number of piperidine rings is 1. The van der Waals surface area contributed by atoms with Crippen LogP contribution in [-0.2, 0) is 6.54 Å². The standard InChI is InChI=1S/C24H37N7O/c1-17-9-8-10-18(2)29(17)14-6-3-7-15-30-21-12-5-4-11-19(21)27-22(23(30)32)20-13-16-31(28-20)24(25)26/h4-5,11-12,17-18,20,28H,3,6-10,13-16H2,1-2H3,(H3,25,26)/t17-,18+,20?. The number of nitrogens with one attached hydrogen (secondary N) is 2. The summed E-state index contributed by atoms with van der Waals surface area (Å²) in [6.45, 7) is 7.14. The van der Waals surface area contributed by atoms with E-state index in [4.69, 9.17) is 16.1 Å². The van der Waals surface area contributed by atoms with Gasteiger partial charge >= 0.3 is 0 Å². The van der Waals surface area contributed by atoms with Gasteiger partial charge in [-0.25, -0.2) is 10.4 Å². The summed E-state index contributed by atoms with van der Waals surface area (Å²) in [5.74, 6) is -0.0362. The van der Waals surface area contributed by atoms with Crippen LogP contribution in [0.3, 0.4) is 0 Å². The van der Waals surface area contributed by atoms with Gasteiger partial charge in [0, 0.05) is 25.2 Å². The Hall–Kier alpha value is -2.45. The van der Waals surface area contributed by atoms with E-state index in [1.807, 2.05) is 28.8 Å². The van der Waals surface area contributed by atoms with Crippen LogP contribution in [0.5, 0.6) is 0 Å². The fourth-order valence-electron chi connectivity index (χ4n) is 5.28. The molecule has 0 bridgehead atoms. The third kappa shape index (κ3) is 4.81. The number of nitrogens with two attached hydrogens (primary N) is 1. The minimum atomic E-state index is -0.218. The van der Waals surface area contributed by atoms with Crippen LogP contribution in [0.15, 0.2) is 29.1 Å². The second-order valence-corrected chi connectivity index (χ2v) is 9.38. The summed E-state index contributed by atoms with van der Waals surface area (Å²) in [5.41, 5.74) is 11.0. The minimum absolute atomic E-state index is 0.0362. The summed E-state index contributed by atoms with van der Waals surface area (Å²) < 4.78 is 1.89. The number of nitrogens with zero attached hydrogens (tertiary/aromatic N) is 4. The Morgan fingerprint density at radius 3 is 2.56 bits per heavy atom. The topological polar surface area (TPSA) is 103 Å². The molecule has 0 spiro atoms. The van der Waals surface area contributed by atoms with Crippen molar-refractivity contribution in [2.24, 2.45) is 5.73 Å². The number of likely N-dealkylation sites (tertiary alicyclic amines) is 1. The third-order valence-electron chi connectivity index (χ3n) is 7.13. The quantitative estimate of drug-likeness (QED) is 0.348. The van der Waals surface area contributed by atoms with Gasteiger partial charge in [0.05, 0.1) is 17.1 Å². The maximum atomic E-state index is 13.4. The summed E-state index contributed by atoms with van der Waals surface area (Å²) in [7, 11) is 0. The number of hydrogen-bond acceptors (Lipinski definition) is 5. The first-order chi connectivity index (χ1) is 15.5. The number of guanidine groups is 1. The highest BCUT2D eigenvalue weighted by atomic mass is 16.1. The van der Waals surface area contributed by atoms with Crippen LogP contribution in [-0.4, -0.2) is 50.6 Å². The molecule has 3 atom stereocenters. The lowest BCUT2D eigenvalue weighted by Crippen LogP contribution is -2.44. The number of aryl methyl sites for hydroxylation is 1. The zero-order chi connectivity index (χ0) is 22.7. The first-order valence-electron chi connectivity index (χ1n) is 12.1. The Kier molecular flexibility index (Phi) is 7.10. The average molecular weight is 440 g/mol. The van der Waals surface area contributed by atoms with Crippen LogP contribution in [0.4, 0.5) is 0 Å². The third-order valence-corrected chi connectivity index (χ3v) is 7.13. The molecule has 8 heteroatoms. The molecule has 4 N–H and O–H groups in total. The molecular formula is C24H37N7O. The van der Waals surface area contributed by atoms with Crippen molar-refractivity contribution in [1.29, 1.82) is 5.41 Å². The molecule has 1 aromatic carbocycles. The number of para-hydroxylation sites is 2. The molecule has 1 unspecified atom stereocenters. The molecule has 1 aromatic heterocycles. The molecule has 32 heavy (non-hydrogen) atoms. The number of rotatable bonds is 7. The summed E-state index contributed by atoms with van der Waals surface area (Å²) in [5, 5.41) is 9.21. The average Bonchev–Trinajstić information content (AvgIpc) is 3.27. The molecule has 0 amide bonds. The van der Waals surface area contributed by atoms with Crippen molar-refractivity contribution in [3.63, 3.8) is 0 Å².